The summed E-state index contributed by atoms with van der Waals surface area (Å²) in [6.07, 6.45) is 0. The van der Waals surface area contributed by atoms with Crippen molar-refractivity contribution < 1.29 is 4.42 Å². The Hall–Kier alpha value is -18.8. The summed E-state index contributed by atoms with van der Waals surface area (Å²) in [6.45, 7) is 0. The monoisotopic (exact) mass is 1930 g/mol. The van der Waals surface area contributed by atoms with Gasteiger partial charge in [0, 0.05) is 106 Å². The Labute approximate surface area is 859 Å². The summed E-state index contributed by atoms with van der Waals surface area (Å²) < 4.78 is 12.5. The third-order valence-electron chi connectivity index (χ3n) is 27.0. The summed E-state index contributed by atoms with van der Waals surface area (Å²) in [5.74, 6) is 5.70. The minimum Gasteiger partial charge on any atom is -0.456 e. The maximum Gasteiger partial charge on any atom is 0.164 e. The van der Waals surface area contributed by atoms with E-state index in [0.717, 1.165) is 128 Å². The number of fused-ring (bicyclic) bond motifs is 10. The van der Waals surface area contributed by atoms with Crippen LogP contribution in [0.5, 0.6) is 0 Å². The van der Waals surface area contributed by atoms with Crippen molar-refractivity contribution in [1.82, 2.24) is 49.4 Å². The molecule has 8 aromatic heterocycles. The van der Waals surface area contributed by atoms with E-state index in [1.54, 1.807) is 11.3 Å². The number of nitrogens with zero attached hydrogens (tertiary/aromatic N) is 10. The van der Waals surface area contributed by atoms with Gasteiger partial charge in [0.25, 0.3) is 0 Å². The fraction of sp³-hybridized carbons (Fsp3) is 0. The van der Waals surface area contributed by atoms with Crippen LogP contribution in [0.2, 0.25) is 0 Å². The summed E-state index contributed by atoms with van der Waals surface area (Å²) in [6, 6.07) is 178. The average Bonchev–Trinajstić information content (AvgIpc) is 1.59. The summed E-state index contributed by atoms with van der Waals surface area (Å²) in [5, 5.41) is 10.7. The van der Waals surface area contributed by atoms with Crippen LogP contribution in [0.3, 0.4) is 0 Å². The van der Waals surface area contributed by atoms with Crippen LogP contribution in [0, 0.1) is 0 Å². The van der Waals surface area contributed by atoms with Gasteiger partial charge in [0.05, 0.1) is 11.0 Å². The molecule has 0 atom stereocenters. The summed E-state index contributed by atoms with van der Waals surface area (Å²) in [4.78, 5) is 49.6. The Kier molecular flexibility index (Phi) is 23.4. The highest BCUT2D eigenvalue weighted by Crippen LogP contribution is 2.44. The van der Waals surface area contributed by atoms with Crippen molar-refractivity contribution in [2.45, 2.75) is 0 Å². The molecular weight excluding hydrogens is 1850 g/mol. The molecule has 0 aliphatic heterocycles. The predicted molar refractivity (Wildman–Crippen MR) is 612 cm³/mol. The van der Waals surface area contributed by atoms with E-state index in [1.807, 2.05) is 71.2 Å². The third kappa shape index (κ3) is 17.8. The first kappa shape index (κ1) is 88.4. The SMILES string of the molecule is c1ccc(-c2cccc(-c3nc(-c4ccc(-c5cc6ccccc6s5)cc4)nc(-c4ccc(-n5c6ccccc6c6ccccc65)cc4)n3)c2)cc1.c1ccc(-c2cccc(-c3nc(-c4ccc(-c5cc6ccccc6s5)cc4)nc(-c4ccccc4-c4ccccc4)n3)c2)cc1.c1ccc(-c2ccccc2-c2nc(-c3ccc(-c4cc5ccccc5s4)cc3)nc(-c3ccc4oc5cc6ccccc6cc5c4c3)n2)cc1. The fourth-order valence-electron chi connectivity index (χ4n) is 19.6. The van der Waals surface area contributed by atoms with Gasteiger partial charge < -0.3 is 8.98 Å². The molecule has 28 aromatic rings. The van der Waals surface area contributed by atoms with E-state index in [1.165, 1.54) is 88.8 Å². The van der Waals surface area contributed by atoms with Crippen molar-refractivity contribution in [2.24, 2.45) is 0 Å². The highest BCUT2D eigenvalue weighted by atomic mass is 32.1. The second-order valence-corrected chi connectivity index (χ2v) is 39.5. The Morgan fingerprint density at radius 2 is 0.435 bits per heavy atom. The first-order valence-electron chi connectivity index (χ1n) is 48.9. The van der Waals surface area contributed by atoms with Crippen LogP contribution >= 0.6 is 34.0 Å². The summed E-state index contributed by atoms with van der Waals surface area (Å²) >= 11 is 5.42. The van der Waals surface area contributed by atoms with Gasteiger partial charge in [-0.05, 0) is 203 Å². The van der Waals surface area contributed by atoms with Crippen molar-refractivity contribution >= 4 is 119 Å². The molecule has 0 radical (unpaired) electrons. The highest BCUT2D eigenvalue weighted by Gasteiger charge is 2.24. The number of thiophene rings is 3. The molecule has 0 fully saturated rings. The number of aromatic nitrogens is 10. The molecule has 8 heterocycles. The fourth-order valence-corrected chi connectivity index (χ4v) is 22.8. The standard InChI is InChI=1S/C47H30N4S.C45H27N3OS.C41H27N3S/c1-2-11-31(12-3-1)35-14-10-15-37(29-35)47-49-45(33-23-21-32(22-24-33)44-30-36-13-4-9-20-43(36)52-44)48-46(50-47)34-25-27-38(28-26-34)51-41-18-7-5-16-39(41)40-17-6-8-19-42(40)51;1-2-10-28(11-3-1)35-15-7-8-16-36(35)45-47-43(30-20-18-29(19-21-30)42-27-33-14-6-9-17-41(33)50-42)46-44(48-45)34-22-23-39-37(25-34)38-24-31-12-4-5-13-32(31)26-40(38)49-39;1-3-12-28(13-4-1)32-17-11-18-34(26-32)40-42-39(31-24-22-30(23-25-31)38-27-33-16-7-10-21-37(33)45-38)43-41(44-40)36-20-9-8-19-35(36)29-14-5-2-6-15-29/h1-30H;1-27H;1-27H. The minimum absolute atomic E-state index is 0.610. The van der Waals surface area contributed by atoms with Gasteiger partial charge in [-0.3, -0.25) is 0 Å². The van der Waals surface area contributed by atoms with Crippen LogP contribution < -0.4 is 0 Å². The van der Waals surface area contributed by atoms with Gasteiger partial charge in [0.2, 0.25) is 0 Å². The molecule has 0 unspecified atom stereocenters. The third-order valence-corrected chi connectivity index (χ3v) is 30.5. The molecule has 0 aliphatic carbocycles. The molecule has 0 amide bonds. The Morgan fingerprint density at radius 1 is 0.156 bits per heavy atom. The molecular formula is C133H84N10OS3. The quantitative estimate of drug-likeness (QED) is 0.0867. The van der Waals surface area contributed by atoms with Gasteiger partial charge in [-0.15, -0.1) is 34.0 Å². The van der Waals surface area contributed by atoms with E-state index in [0.29, 0.717) is 52.4 Å². The number of hydrogen-bond donors (Lipinski definition) is 0. The van der Waals surface area contributed by atoms with Crippen molar-refractivity contribution in [3.63, 3.8) is 0 Å². The van der Waals surface area contributed by atoms with E-state index >= 15 is 0 Å². The highest BCUT2D eigenvalue weighted by molar-refractivity contribution is 7.23. The van der Waals surface area contributed by atoms with Crippen LogP contribution in [-0.4, -0.2) is 49.4 Å². The average molecular weight is 1930 g/mol. The second kappa shape index (κ2) is 38.9. The lowest BCUT2D eigenvalue weighted by atomic mass is 9.99. The molecule has 147 heavy (non-hydrogen) atoms. The molecule has 28 rings (SSSR count). The molecule has 14 heteroatoms. The normalized spacial score (nSPS) is 11.4. The van der Waals surface area contributed by atoms with E-state index in [-0.39, 0.29) is 0 Å². The van der Waals surface area contributed by atoms with E-state index < -0.39 is 0 Å². The molecule has 0 aliphatic rings. The molecule has 690 valence electrons. The lowest BCUT2D eigenvalue weighted by molar-refractivity contribution is 0.669. The predicted octanol–water partition coefficient (Wildman–Crippen LogP) is 36.1. The Balaban J connectivity index is 0.000000112. The topological polar surface area (TPSA) is 134 Å². The van der Waals surface area contributed by atoms with E-state index in [9.17, 15) is 0 Å². The van der Waals surface area contributed by atoms with Crippen molar-refractivity contribution in [1.29, 1.82) is 0 Å². The largest absolute Gasteiger partial charge is 0.456 e. The lowest BCUT2D eigenvalue weighted by Gasteiger charge is -2.12. The van der Waals surface area contributed by atoms with Gasteiger partial charge in [0.1, 0.15) is 11.2 Å². The number of rotatable bonds is 17. The molecule has 11 nitrogen and oxygen atoms in total. The van der Waals surface area contributed by atoms with Crippen LogP contribution in [0.1, 0.15) is 0 Å². The maximum atomic E-state index is 6.32. The lowest BCUT2D eigenvalue weighted by Crippen LogP contribution is -2.01. The van der Waals surface area contributed by atoms with Crippen LogP contribution in [0.15, 0.2) is 514 Å². The molecule has 0 N–H and O–H groups in total. The second-order valence-electron chi connectivity index (χ2n) is 36.2. The van der Waals surface area contributed by atoms with Crippen molar-refractivity contribution in [3.05, 3.63) is 510 Å². The molecule has 0 saturated carbocycles. The zero-order valence-corrected chi connectivity index (χ0v) is 81.6. The van der Waals surface area contributed by atoms with Gasteiger partial charge in [-0.25, -0.2) is 44.9 Å². The first-order chi connectivity index (χ1) is 72.8. The van der Waals surface area contributed by atoms with Crippen LogP contribution in [0.4, 0.5) is 0 Å². The molecule has 0 spiro atoms. The van der Waals surface area contributed by atoms with Crippen LogP contribution in [0.25, 0.3) is 269 Å². The number of para-hydroxylation sites is 2. The first-order valence-corrected chi connectivity index (χ1v) is 51.3. The van der Waals surface area contributed by atoms with Crippen molar-refractivity contribution in [3.8, 4) is 184 Å². The zero-order valence-electron chi connectivity index (χ0n) is 79.1. The summed E-state index contributed by atoms with van der Waals surface area (Å²) in [7, 11) is 0. The number of benzene rings is 20. The Morgan fingerprint density at radius 3 is 0.830 bits per heavy atom. The van der Waals surface area contributed by atoms with Gasteiger partial charge >= 0.3 is 0 Å². The van der Waals surface area contributed by atoms with Gasteiger partial charge in [-0.1, -0.05) is 394 Å². The molecule has 20 aromatic carbocycles. The molecule has 0 bridgehead atoms. The minimum atomic E-state index is 0.610. The van der Waals surface area contributed by atoms with Gasteiger partial charge in [-0.2, -0.15) is 0 Å². The Bertz CT molecular complexity index is 9640. The zero-order chi connectivity index (χ0) is 97.5. The van der Waals surface area contributed by atoms with Gasteiger partial charge in [0.15, 0.2) is 52.4 Å². The summed E-state index contributed by atoms with van der Waals surface area (Å²) in [5.41, 5.74) is 26.0. The molecule has 0 saturated heterocycles. The number of hydrogen-bond acceptors (Lipinski definition) is 13. The smallest absolute Gasteiger partial charge is 0.164 e. The van der Waals surface area contributed by atoms with E-state index in [4.69, 9.17) is 49.3 Å². The maximum absolute atomic E-state index is 6.32. The van der Waals surface area contributed by atoms with Crippen LogP contribution in [-0.2, 0) is 0 Å². The van der Waals surface area contributed by atoms with E-state index in [2.05, 4.69) is 466 Å². The number of furan rings is 1. The van der Waals surface area contributed by atoms with Crippen molar-refractivity contribution in [2.75, 3.05) is 0 Å².